The highest BCUT2D eigenvalue weighted by Gasteiger charge is 1.80. The lowest BCUT2D eigenvalue weighted by Gasteiger charge is -1.94. The summed E-state index contributed by atoms with van der Waals surface area (Å²) >= 11 is 0. The molecule has 0 aromatic heterocycles. The molecule has 0 aliphatic heterocycles. The Kier molecular flexibility index (Phi) is 6.99. The topological polar surface area (TPSA) is 12.0 Å². The van der Waals surface area contributed by atoms with Crippen LogP contribution >= 0.6 is 0 Å². The molecule has 0 aromatic carbocycles. The summed E-state index contributed by atoms with van der Waals surface area (Å²) in [5.74, 6) is 5.63. The van der Waals surface area contributed by atoms with Crippen LogP contribution in [-0.2, 0) is 0 Å². The van der Waals surface area contributed by atoms with E-state index in [1.807, 2.05) is 0 Å². The highest BCUT2D eigenvalue weighted by molar-refractivity contribution is 4.94. The van der Waals surface area contributed by atoms with Crippen LogP contribution in [0.5, 0.6) is 0 Å². The van der Waals surface area contributed by atoms with E-state index in [2.05, 4.69) is 17.2 Å². The van der Waals surface area contributed by atoms with Crippen LogP contribution in [0.2, 0.25) is 0 Å². The Bertz CT molecular complexity index is 101. The molecule has 0 radical (unpaired) electrons. The first kappa shape index (κ1) is 8.45. The molecule has 0 saturated carbocycles. The third-order valence-electron chi connectivity index (χ3n) is 0.875. The average Bonchev–Trinajstić information content (AvgIpc) is 1.89. The highest BCUT2D eigenvalue weighted by atomic mass is 19.1. The van der Waals surface area contributed by atoms with Gasteiger partial charge >= 0.3 is 0 Å². The van der Waals surface area contributed by atoms with Crippen molar-refractivity contribution in [2.45, 2.75) is 13.3 Å². The van der Waals surface area contributed by atoms with Gasteiger partial charge in [0.1, 0.15) is 6.67 Å². The fourth-order valence-electron chi connectivity index (χ4n) is 0.468. The SMILES string of the molecule is CC#CCCNCCF. The van der Waals surface area contributed by atoms with Gasteiger partial charge in [0.05, 0.1) is 0 Å². The number of alkyl halides is 1. The van der Waals surface area contributed by atoms with Crippen molar-refractivity contribution in [1.29, 1.82) is 0 Å². The van der Waals surface area contributed by atoms with Gasteiger partial charge in [-0.1, -0.05) is 0 Å². The maximum atomic E-state index is 11.4. The highest BCUT2D eigenvalue weighted by Crippen LogP contribution is 1.71. The second-order valence-electron chi connectivity index (χ2n) is 1.62. The normalized spacial score (nSPS) is 8.22. The predicted molar refractivity (Wildman–Crippen MR) is 36.9 cm³/mol. The van der Waals surface area contributed by atoms with Gasteiger partial charge < -0.3 is 5.32 Å². The molecule has 0 aromatic rings. The fourth-order valence-corrected chi connectivity index (χ4v) is 0.468. The lowest BCUT2D eigenvalue weighted by Crippen LogP contribution is -2.17. The molecule has 0 atom stereocenters. The van der Waals surface area contributed by atoms with Crippen LogP contribution in [0.25, 0.3) is 0 Å². The van der Waals surface area contributed by atoms with E-state index < -0.39 is 0 Å². The summed E-state index contributed by atoms with van der Waals surface area (Å²) in [4.78, 5) is 0. The Balaban J connectivity index is 2.80. The molecule has 0 aliphatic carbocycles. The second kappa shape index (κ2) is 7.45. The van der Waals surface area contributed by atoms with Crippen LogP contribution in [-0.4, -0.2) is 19.8 Å². The molecule has 0 rings (SSSR count). The summed E-state index contributed by atoms with van der Waals surface area (Å²) in [5.41, 5.74) is 0. The van der Waals surface area contributed by atoms with Gasteiger partial charge in [0.25, 0.3) is 0 Å². The molecule has 0 heterocycles. The molecule has 0 unspecified atom stereocenters. The molecule has 52 valence electrons. The lowest BCUT2D eigenvalue weighted by molar-refractivity contribution is 0.469. The summed E-state index contributed by atoms with van der Waals surface area (Å²) in [5, 5.41) is 2.89. The lowest BCUT2D eigenvalue weighted by atomic mass is 10.4. The summed E-state index contributed by atoms with van der Waals surface area (Å²) in [6.45, 7) is 2.75. The van der Waals surface area contributed by atoms with Gasteiger partial charge in [-0.05, 0) is 6.92 Å². The zero-order valence-electron chi connectivity index (χ0n) is 5.71. The molecule has 2 heteroatoms. The standard InChI is InChI=1S/C7H12FN/c1-2-3-4-6-9-7-5-8/h9H,4-7H2,1H3. The van der Waals surface area contributed by atoms with E-state index in [-0.39, 0.29) is 6.67 Å². The minimum absolute atomic E-state index is 0.292. The van der Waals surface area contributed by atoms with E-state index in [4.69, 9.17) is 0 Å². The van der Waals surface area contributed by atoms with Crippen molar-refractivity contribution in [3.05, 3.63) is 0 Å². The van der Waals surface area contributed by atoms with Crippen molar-refractivity contribution in [2.75, 3.05) is 19.8 Å². The van der Waals surface area contributed by atoms with Crippen LogP contribution in [0.3, 0.4) is 0 Å². The second-order valence-corrected chi connectivity index (χ2v) is 1.62. The van der Waals surface area contributed by atoms with Crippen molar-refractivity contribution < 1.29 is 4.39 Å². The molecular formula is C7H12FN. The van der Waals surface area contributed by atoms with Crippen LogP contribution in [0.15, 0.2) is 0 Å². The predicted octanol–water partition coefficient (Wildman–Crippen LogP) is 0.959. The monoisotopic (exact) mass is 129 g/mol. The Hall–Kier alpha value is -0.550. The summed E-state index contributed by atoms with van der Waals surface area (Å²) in [6.07, 6.45) is 0.816. The summed E-state index contributed by atoms with van der Waals surface area (Å²) in [7, 11) is 0. The van der Waals surface area contributed by atoms with E-state index in [1.54, 1.807) is 6.92 Å². The molecular weight excluding hydrogens is 117 g/mol. The van der Waals surface area contributed by atoms with Crippen molar-refractivity contribution >= 4 is 0 Å². The van der Waals surface area contributed by atoms with Gasteiger partial charge in [0.2, 0.25) is 0 Å². The Morgan fingerprint density at radius 2 is 2.22 bits per heavy atom. The average molecular weight is 129 g/mol. The maximum Gasteiger partial charge on any atom is 0.102 e. The van der Waals surface area contributed by atoms with Crippen molar-refractivity contribution in [3.63, 3.8) is 0 Å². The Morgan fingerprint density at radius 3 is 2.78 bits per heavy atom. The van der Waals surface area contributed by atoms with Crippen LogP contribution < -0.4 is 5.32 Å². The smallest absolute Gasteiger partial charge is 0.102 e. The molecule has 1 N–H and O–H groups in total. The largest absolute Gasteiger partial charge is 0.313 e. The van der Waals surface area contributed by atoms with Crippen LogP contribution in [0, 0.1) is 11.8 Å². The Morgan fingerprint density at radius 1 is 1.44 bits per heavy atom. The van der Waals surface area contributed by atoms with E-state index in [0.29, 0.717) is 6.54 Å². The molecule has 0 aliphatic rings. The van der Waals surface area contributed by atoms with Gasteiger partial charge in [-0.2, -0.15) is 0 Å². The van der Waals surface area contributed by atoms with Crippen molar-refractivity contribution in [2.24, 2.45) is 0 Å². The third-order valence-corrected chi connectivity index (χ3v) is 0.875. The first-order valence-electron chi connectivity index (χ1n) is 3.08. The summed E-state index contributed by atoms with van der Waals surface area (Å²) < 4.78 is 11.4. The van der Waals surface area contributed by atoms with Gasteiger partial charge in [-0.25, -0.2) is 4.39 Å². The first-order chi connectivity index (χ1) is 4.41. The van der Waals surface area contributed by atoms with E-state index in [0.717, 1.165) is 13.0 Å². The zero-order valence-corrected chi connectivity index (χ0v) is 5.71. The molecule has 9 heavy (non-hydrogen) atoms. The summed E-state index contributed by atoms with van der Waals surface area (Å²) in [6, 6.07) is 0. The number of hydrogen-bond acceptors (Lipinski definition) is 1. The minimum Gasteiger partial charge on any atom is -0.313 e. The van der Waals surface area contributed by atoms with E-state index in [9.17, 15) is 4.39 Å². The zero-order chi connectivity index (χ0) is 6.95. The molecule has 0 amide bonds. The van der Waals surface area contributed by atoms with Gasteiger partial charge in [-0.15, -0.1) is 11.8 Å². The first-order valence-corrected chi connectivity index (χ1v) is 3.08. The number of hydrogen-bond donors (Lipinski definition) is 1. The van der Waals surface area contributed by atoms with Crippen molar-refractivity contribution in [3.8, 4) is 11.8 Å². The molecule has 1 nitrogen and oxygen atoms in total. The Labute approximate surface area is 55.6 Å². The number of rotatable bonds is 4. The third kappa shape index (κ3) is 7.45. The maximum absolute atomic E-state index is 11.4. The fraction of sp³-hybridized carbons (Fsp3) is 0.714. The molecule has 0 fully saturated rings. The molecule has 0 saturated heterocycles. The quantitative estimate of drug-likeness (QED) is 0.440. The van der Waals surface area contributed by atoms with Crippen LogP contribution in [0.1, 0.15) is 13.3 Å². The van der Waals surface area contributed by atoms with E-state index >= 15 is 0 Å². The number of halogens is 1. The van der Waals surface area contributed by atoms with Gasteiger partial charge in [0, 0.05) is 19.5 Å². The van der Waals surface area contributed by atoms with Crippen molar-refractivity contribution in [1.82, 2.24) is 5.32 Å². The minimum atomic E-state index is -0.292. The number of nitrogens with one attached hydrogen (secondary N) is 1. The van der Waals surface area contributed by atoms with Crippen LogP contribution in [0.4, 0.5) is 4.39 Å². The van der Waals surface area contributed by atoms with E-state index in [1.165, 1.54) is 0 Å². The molecule has 0 bridgehead atoms. The van der Waals surface area contributed by atoms with Gasteiger partial charge in [-0.3, -0.25) is 0 Å². The molecule has 0 spiro atoms. The van der Waals surface area contributed by atoms with Gasteiger partial charge in [0.15, 0.2) is 0 Å².